The molecule has 1 spiro atoms. The maximum atomic E-state index is 14.0. The van der Waals surface area contributed by atoms with Gasteiger partial charge in [-0.2, -0.15) is 0 Å². The minimum atomic E-state index is -1.17. The molecule has 8 nitrogen and oxygen atoms in total. The van der Waals surface area contributed by atoms with Gasteiger partial charge in [0.2, 0.25) is 17.7 Å². The molecule has 3 amide bonds. The van der Waals surface area contributed by atoms with Gasteiger partial charge in [-0.25, -0.2) is 0 Å². The third-order valence-corrected chi connectivity index (χ3v) is 9.18. The monoisotopic (exact) mass is 543 g/mol. The van der Waals surface area contributed by atoms with E-state index in [4.69, 9.17) is 21.1 Å². The fraction of sp³-hybridized carbons (Fsp3) is 0.621. The van der Waals surface area contributed by atoms with Crippen molar-refractivity contribution < 1.29 is 23.9 Å². The molecule has 0 radical (unpaired) electrons. The normalized spacial score (nSPS) is 35.4. The summed E-state index contributed by atoms with van der Waals surface area (Å²) in [4.78, 5) is 43.1. The second kappa shape index (κ2) is 11.0. The number of amides is 3. The first-order valence-electron chi connectivity index (χ1n) is 13.9. The van der Waals surface area contributed by atoms with Crippen molar-refractivity contribution in [2.24, 2.45) is 23.7 Å². The predicted octanol–water partition coefficient (Wildman–Crippen LogP) is 3.80. The summed E-state index contributed by atoms with van der Waals surface area (Å²) >= 11 is 6.10. The fourth-order valence-electron chi connectivity index (χ4n) is 6.83. The summed E-state index contributed by atoms with van der Waals surface area (Å²) in [6.07, 6.45) is 6.85. The number of likely N-dealkylation sites (tertiary alicyclic amines) is 1. The first-order valence-corrected chi connectivity index (χ1v) is 14.3. The van der Waals surface area contributed by atoms with Crippen LogP contribution in [0, 0.1) is 23.7 Å². The minimum absolute atomic E-state index is 0.0478. The van der Waals surface area contributed by atoms with Gasteiger partial charge in [0.15, 0.2) is 0 Å². The lowest BCUT2D eigenvalue weighted by molar-refractivity contribution is -0.141. The molecule has 0 unspecified atom stereocenters. The maximum absolute atomic E-state index is 14.0. The first kappa shape index (κ1) is 27.2. The minimum Gasteiger partial charge on any atom is -0.382 e. The van der Waals surface area contributed by atoms with E-state index in [-0.39, 0.29) is 23.8 Å². The van der Waals surface area contributed by atoms with Crippen LogP contribution in [0.2, 0.25) is 5.02 Å². The van der Waals surface area contributed by atoms with E-state index < -0.39 is 29.6 Å². The van der Waals surface area contributed by atoms with Crippen molar-refractivity contribution in [3.63, 3.8) is 0 Å². The van der Waals surface area contributed by atoms with Crippen LogP contribution in [0.5, 0.6) is 0 Å². The number of fused-ring (bicyclic) bond motifs is 1. The summed E-state index contributed by atoms with van der Waals surface area (Å²) in [5, 5.41) is 6.69. The van der Waals surface area contributed by atoms with Gasteiger partial charge >= 0.3 is 0 Å². The summed E-state index contributed by atoms with van der Waals surface area (Å²) in [5.41, 5.74) is -0.617. The van der Waals surface area contributed by atoms with Crippen LogP contribution in [0.1, 0.15) is 46.5 Å². The van der Waals surface area contributed by atoms with Crippen LogP contribution in [0.3, 0.4) is 0 Å². The highest BCUT2D eigenvalue weighted by Gasteiger charge is 2.72. The van der Waals surface area contributed by atoms with Crippen molar-refractivity contribution in [3.05, 3.63) is 41.4 Å². The van der Waals surface area contributed by atoms with E-state index in [0.29, 0.717) is 48.7 Å². The van der Waals surface area contributed by atoms with Gasteiger partial charge in [-0.3, -0.25) is 14.4 Å². The Morgan fingerprint density at radius 1 is 1.24 bits per heavy atom. The van der Waals surface area contributed by atoms with Crippen LogP contribution in [0.25, 0.3) is 0 Å². The molecule has 2 saturated heterocycles. The number of hydrogen-bond donors (Lipinski definition) is 2. The summed E-state index contributed by atoms with van der Waals surface area (Å²) in [5.74, 6) is -1.39. The van der Waals surface area contributed by atoms with Crippen LogP contribution in [0.4, 0.5) is 5.69 Å². The van der Waals surface area contributed by atoms with E-state index in [1.807, 2.05) is 19.1 Å². The van der Waals surface area contributed by atoms with Gasteiger partial charge in [-0.15, -0.1) is 0 Å². The molecule has 9 heteroatoms. The number of halogens is 1. The third-order valence-electron chi connectivity index (χ3n) is 8.94. The summed E-state index contributed by atoms with van der Waals surface area (Å²) in [6, 6.07) is 6.11. The molecular formula is C29H38ClN3O5. The Labute approximate surface area is 229 Å². The van der Waals surface area contributed by atoms with Gasteiger partial charge in [0.25, 0.3) is 0 Å². The molecule has 1 aromatic carbocycles. The quantitative estimate of drug-likeness (QED) is 0.365. The Hall–Kier alpha value is -2.42. The Morgan fingerprint density at radius 3 is 2.82 bits per heavy atom. The molecule has 2 N–H and O–H groups in total. The predicted molar refractivity (Wildman–Crippen MR) is 145 cm³/mol. The van der Waals surface area contributed by atoms with Gasteiger partial charge in [-0.05, 0) is 49.8 Å². The number of hydrogen-bond acceptors (Lipinski definition) is 5. The largest absolute Gasteiger partial charge is 0.382 e. The second-order valence-corrected chi connectivity index (χ2v) is 11.6. The lowest BCUT2D eigenvalue weighted by Crippen LogP contribution is -2.58. The Balaban J connectivity index is 1.41. The molecule has 4 aliphatic rings. The van der Waals surface area contributed by atoms with Gasteiger partial charge < -0.3 is 25.0 Å². The third kappa shape index (κ3) is 4.75. The highest BCUT2D eigenvalue weighted by molar-refractivity contribution is 6.30. The van der Waals surface area contributed by atoms with E-state index in [1.54, 1.807) is 29.2 Å². The first-order chi connectivity index (χ1) is 18.3. The van der Waals surface area contributed by atoms with Crippen LogP contribution in [0.15, 0.2) is 36.4 Å². The van der Waals surface area contributed by atoms with Gasteiger partial charge in [0.05, 0.1) is 17.9 Å². The van der Waals surface area contributed by atoms with Crippen molar-refractivity contribution in [1.29, 1.82) is 0 Å². The van der Waals surface area contributed by atoms with Crippen LogP contribution >= 0.6 is 11.6 Å². The lowest BCUT2D eigenvalue weighted by Gasteiger charge is -2.38. The van der Waals surface area contributed by atoms with Crippen LogP contribution in [-0.4, -0.2) is 66.2 Å². The van der Waals surface area contributed by atoms with Gasteiger partial charge in [0.1, 0.15) is 11.6 Å². The molecular weight excluding hydrogens is 506 g/mol. The number of nitrogens with one attached hydrogen (secondary N) is 2. The van der Waals surface area contributed by atoms with E-state index in [9.17, 15) is 14.4 Å². The number of carbonyl (C=O) groups excluding carboxylic acids is 3. The zero-order valence-electron chi connectivity index (χ0n) is 22.3. The summed E-state index contributed by atoms with van der Waals surface area (Å²) < 4.78 is 11.9. The van der Waals surface area contributed by atoms with Crippen molar-refractivity contribution in [2.75, 3.05) is 25.1 Å². The van der Waals surface area contributed by atoms with E-state index in [0.717, 1.165) is 19.3 Å². The Bertz CT molecular complexity index is 1110. The summed E-state index contributed by atoms with van der Waals surface area (Å²) in [7, 11) is 0. The number of carbonyl (C=O) groups is 3. The summed E-state index contributed by atoms with van der Waals surface area (Å²) in [6.45, 7) is 7.76. The molecule has 1 aliphatic carbocycles. The van der Waals surface area contributed by atoms with E-state index >= 15 is 0 Å². The molecule has 2 bridgehead atoms. The highest BCUT2D eigenvalue weighted by Crippen LogP contribution is 2.55. The van der Waals surface area contributed by atoms with Crippen molar-refractivity contribution in [2.45, 2.75) is 70.2 Å². The molecule has 206 valence electrons. The van der Waals surface area contributed by atoms with Crippen LogP contribution in [-0.2, 0) is 23.9 Å². The average molecular weight is 544 g/mol. The molecule has 5 rings (SSSR count). The molecule has 3 fully saturated rings. The fourth-order valence-corrected chi connectivity index (χ4v) is 7.02. The van der Waals surface area contributed by atoms with Crippen LogP contribution < -0.4 is 10.6 Å². The zero-order valence-corrected chi connectivity index (χ0v) is 23.1. The number of ether oxygens (including phenoxy) is 2. The van der Waals surface area contributed by atoms with Crippen molar-refractivity contribution in [1.82, 2.24) is 10.2 Å². The Kier molecular flexibility index (Phi) is 7.85. The Morgan fingerprint density at radius 2 is 2.05 bits per heavy atom. The van der Waals surface area contributed by atoms with Crippen molar-refractivity contribution >= 4 is 35.0 Å². The molecule has 8 atom stereocenters. The molecule has 3 aliphatic heterocycles. The lowest BCUT2D eigenvalue weighted by atomic mass is 9.73. The molecule has 1 aromatic rings. The van der Waals surface area contributed by atoms with E-state index in [1.165, 1.54) is 0 Å². The number of nitrogens with zero attached hydrogens (tertiary/aromatic N) is 1. The molecule has 38 heavy (non-hydrogen) atoms. The van der Waals surface area contributed by atoms with Gasteiger partial charge in [0, 0.05) is 36.5 Å². The standard InChI is InChI=1S/C29H38ClN3O5/c1-4-37-15-7-14-33-25(27(35)32-21-11-5-8-17(2)18(21)3)29-13-12-22(38-29)23(24(29)28(33)36)26(34)31-20-10-6-9-19(30)16-20/h6,9-10,12-13,16-18,21-25H,4-5,7-8,11,14-15H2,1-3H3,(H,31,34)(H,32,35)/t17-,18-,21+,22-,23+,24-,25-,29-/m0/s1. The van der Waals surface area contributed by atoms with E-state index in [2.05, 4.69) is 24.5 Å². The maximum Gasteiger partial charge on any atom is 0.246 e. The molecule has 0 aromatic heterocycles. The average Bonchev–Trinajstić information content (AvgIpc) is 3.52. The smallest absolute Gasteiger partial charge is 0.246 e. The zero-order chi connectivity index (χ0) is 27.0. The molecule has 1 saturated carbocycles. The highest BCUT2D eigenvalue weighted by atomic mass is 35.5. The topological polar surface area (TPSA) is 97.0 Å². The molecule has 3 heterocycles. The number of rotatable bonds is 9. The van der Waals surface area contributed by atoms with Gasteiger partial charge in [-0.1, -0.05) is 56.5 Å². The number of benzene rings is 1. The van der Waals surface area contributed by atoms with Crippen molar-refractivity contribution in [3.8, 4) is 0 Å². The second-order valence-electron chi connectivity index (χ2n) is 11.2. The SMILES string of the molecule is CCOCCCN1C(=O)[C@@H]2[C@H](C(=O)Nc3cccc(Cl)c3)[C@@H]3C=C[C@@]2(O3)[C@@H]1C(=O)N[C@@H]1CCC[C@H](C)[C@@H]1C. The number of anilines is 1.